The lowest BCUT2D eigenvalue weighted by atomic mass is 10.3. The molecule has 1 fully saturated rings. The molecule has 2 rings (SSSR count). The van der Waals surface area contributed by atoms with Crippen molar-refractivity contribution in [1.29, 1.82) is 0 Å². The Bertz CT molecular complexity index is 446. The van der Waals surface area contributed by atoms with Crippen LogP contribution >= 0.6 is 11.3 Å². The summed E-state index contributed by atoms with van der Waals surface area (Å²) in [5, 5.41) is 3.39. The van der Waals surface area contributed by atoms with Gasteiger partial charge in [-0.3, -0.25) is 10.1 Å². The van der Waals surface area contributed by atoms with Crippen LogP contribution in [-0.2, 0) is 4.79 Å². The summed E-state index contributed by atoms with van der Waals surface area (Å²) < 4.78 is 0. The molecule has 2 unspecified atom stereocenters. The van der Waals surface area contributed by atoms with Crippen LogP contribution in [0.2, 0.25) is 0 Å². The van der Waals surface area contributed by atoms with Crippen molar-refractivity contribution < 1.29 is 4.79 Å². The van der Waals surface area contributed by atoms with E-state index < -0.39 is 0 Å². The summed E-state index contributed by atoms with van der Waals surface area (Å²) in [6.45, 7) is 8.88. The molecule has 0 saturated carbocycles. The molecule has 19 heavy (non-hydrogen) atoms. The molecular formula is C14H23N3OS. The zero-order valence-corrected chi connectivity index (χ0v) is 13.0. The summed E-state index contributed by atoms with van der Waals surface area (Å²) >= 11 is 1.76. The van der Waals surface area contributed by atoms with E-state index in [0.717, 1.165) is 19.6 Å². The molecule has 1 aliphatic heterocycles. The first-order valence-corrected chi connectivity index (χ1v) is 7.66. The number of likely N-dealkylation sites (N-methyl/N-ethyl adjacent to an activating group) is 1. The van der Waals surface area contributed by atoms with E-state index in [1.807, 2.05) is 11.8 Å². The third-order valence-corrected chi connectivity index (χ3v) is 4.72. The molecule has 1 aromatic rings. The second kappa shape index (κ2) is 6.03. The van der Waals surface area contributed by atoms with Crippen molar-refractivity contribution in [2.75, 3.05) is 26.7 Å². The largest absolute Gasteiger partial charge is 0.319 e. The Kier molecular flexibility index (Phi) is 4.60. The van der Waals surface area contributed by atoms with E-state index in [2.05, 4.69) is 43.2 Å². The van der Waals surface area contributed by atoms with Crippen molar-refractivity contribution in [3.05, 3.63) is 21.9 Å². The van der Waals surface area contributed by atoms with Crippen molar-refractivity contribution in [3.8, 4) is 0 Å². The Morgan fingerprint density at radius 3 is 2.79 bits per heavy atom. The molecule has 4 nitrogen and oxygen atoms in total. The van der Waals surface area contributed by atoms with Crippen molar-refractivity contribution in [2.24, 2.45) is 0 Å². The molecule has 1 amide bonds. The van der Waals surface area contributed by atoms with Gasteiger partial charge in [-0.05, 0) is 39.6 Å². The number of thiophene rings is 1. The van der Waals surface area contributed by atoms with E-state index in [1.165, 1.54) is 9.75 Å². The van der Waals surface area contributed by atoms with Gasteiger partial charge in [0, 0.05) is 22.8 Å². The quantitative estimate of drug-likeness (QED) is 0.894. The fourth-order valence-electron chi connectivity index (χ4n) is 2.29. The second-order valence-corrected chi connectivity index (χ2v) is 6.49. The number of rotatable bonds is 5. The number of amides is 1. The van der Waals surface area contributed by atoms with Crippen molar-refractivity contribution in [2.45, 2.75) is 33.0 Å². The molecule has 0 spiro atoms. The fraction of sp³-hybridized carbons (Fsp3) is 0.643. The summed E-state index contributed by atoms with van der Waals surface area (Å²) in [6, 6.07) is 4.16. The van der Waals surface area contributed by atoms with Gasteiger partial charge in [-0.25, -0.2) is 0 Å². The second-order valence-electron chi connectivity index (χ2n) is 5.17. The lowest BCUT2D eigenvalue weighted by Gasteiger charge is -2.25. The summed E-state index contributed by atoms with van der Waals surface area (Å²) in [6.07, 6.45) is 0.0476. The molecule has 1 N–H and O–H groups in total. The van der Waals surface area contributed by atoms with Crippen LogP contribution < -0.4 is 5.32 Å². The number of hydrogen-bond acceptors (Lipinski definition) is 4. The van der Waals surface area contributed by atoms with Crippen LogP contribution in [0.15, 0.2) is 12.1 Å². The van der Waals surface area contributed by atoms with Crippen LogP contribution in [0.5, 0.6) is 0 Å². The predicted molar refractivity (Wildman–Crippen MR) is 79.3 cm³/mol. The van der Waals surface area contributed by atoms with Gasteiger partial charge in [0.25, 0.3) is 0 Å². The van der Waals surface area contributed by atoms with Gasteiger partial charge >= 0.3 is 0 Å². The van der Waals surface area contributed by atoms with Crippen molar-refractivity contribution >= 4 is 17.2 Å². The number of nitrogens with one attached hydrogen (secondary N) is 1. The zero-order chi connectivity index (χ0) is 14.0. The van der Waals surface area contributed by atoms with Gasteiger partial charge in [0.05, 0.1) is 6.04 Å². The molecule has 0 radical (unpaired) electrons. The average Bonchev–Trinajstić information content (AvgIpc) is 2.93. The predicted octanol–water partition coefficient (Wildman–Crippen LogP) is 1.83. The number of hydrogen-bond donors (Lipinski definition) is 1. The minimum atomic E-state index is -0.0839. The summed E-state index contributed by atoms with van der Waals surface area (Å²) in [4.78, 5) is 19.0. The average molecular weight is 281 g/mol. The third-order valence-electron chi connectivity index (χ3n) is 3.67. The minimum absolute atomic E-state index is 0.0476. The Balaban J connectivity index is 2.10. The fourth-order valence-corrected chi connectivity index (χ4v) is 3.24. The Hall–Kier alpha value is -0.910. The molecule has 0 aliphatic carbocycles. The van der Waals surface area contributed by atoms with Crippen LogP contribution in [0, 0.1) is 6.92 Å². The number of carbonyl (C=O) groups excluding carboxylic acids is 1. The van der Waals surface area contributed by atoms with Gasteiger partial charge in [0.1, 0.15) is 6.17 Å². The molecule has 2 atom stereocenters. The minimum Gasteiger partial charge on any atom is -0.319 e. The number of nitrogens with zero attached hydrogens (tertiary/aromatic N) is 2. The Morgan fingerprint density at radius 2 is 2.21 bits per heavy atom. The molecule has 1 saturated heterocycles. The van der Waals surface area contributed by atoms with Crippen LogP contribution in [0.25, 0.3) is 0 Å². The van der Waals surface area contributed by atoms with Crippen LogP contribution in [-0.4, -0.2) is 48.4 Å². The highest BCUT2D eigenvalue weighted by Crippen LogP contribution is 2.30. The highest BCUT2D eigenvalue weighted by molar-refractivity contribution is 7.12. The highest BCUT2D eigenvalue weighted by atomic mass is 32.1. The third kappa shape index (κ3) is 3.16. The van der Waals surface area contributed by atoms with Crippen LogP contribution in [0.1, 0.15) is 29.8 Å². The molecule has 106 valence electrons. The van der Waals surface area contributed by atoms with Gasteiger partial charge < -0.3 is 9.80 Å². The van der Waals surface area contributed by atoms with E-state index in [4.69, 9.17) is 0 Å². The zero-order valence-electron chi connectivity index (χ0n) is 12.1. The van der Waals surface area contributed by atoms with E-state index in [0.29, 0.717) is 0 Å². The molecule has 2 heterocycles. The van der Waals surface area contributed by atoms with E-state index in [-0.39, 0.29) is 18.1 Å². The molecule has 0 bridgehead atoms. The van der Waals surface area contributed by atoms with E-state index in [1.54, 1.807) is 11.3 Å². The van der Waals surface area contributed by atoms with Crippen molar-refractivity contribution in [1.82, 2.24) is 15.1 Å². The molecule has 1 aliphatic rings. The maximum absolute atomic E-state index is 12.2. The highest BCUT2D eigenvalue weighted by Gasteiger charge is 2.37. The van der Waals surface area contributed by atoms with Crippen LogP contribution in [0.3, 0.4) is 0 Å². The lowest BCUT2D eigenvalue weighted by molar-refractivity contribution is -0.130. The summed E-state index contributed by atoms with van der Waals surface area (Å²) in [5.41, 5.74) is 0. The van der Waals surface area contributed by atoms with Gasteiger partial charge in [-0.15, -0.1) is 11.3 Å². The molecular weight excluding hydrogens is 258 g/mol. The SMILES string of the molecule is CCN(C)CCN1C(=O)C(C)NC1c1ccc(C)s1. The standard InChI is InChI=1S/C14H23N3OS/c1-5-16(4)8-9-17-13(15-11(3)14(17)18)12-7-6-10(2)19-12/h6-7,11,13,15H,5,8-9H2,1-4H3. The maximum atomic E-state index is 12.2. The first-order valence-electron chi connectivity index (χ1n) is 6.84. The van der Waals surface area contributed by atoms with Gasteiger partial charge in [-0.1, -0.05) is 6.92 Å². The Labute approximate surface area is 119 Å². The normalized spacial score (nSPS) is 23.6. The van der Waals surface area contributed by atoms with Crippen LogP contribution in [0.4, 0.5) is 0 Å². The lowest BCUT2D eigenvalue weighted by Crippen LogP contribution is -2.37. The first-order chi connectivity index (χ1) is 9.02. The topological polar surface area (TPSA) is 35.6 Å². The Morgan fingerprint density at radius 1 is 1.47 bits per heavy atom. The monoisotopic (exact) mass is 281 g/mol. The first kappa shape index (κ1) is 14.5. The van der Waals surface area contributed by atoms with Gasteiger partial charge in [-0.2, -0.15) is 0 Å². The molecule has 5 heteroatoms. The summed E-state index contributed by atoms with van der Waals surface area (Å²) in [5.74, 6) is 0.209. The summed E-state index contributed by atoms with van der Waals surface area (Å²) in [7, 11) is 2.09. The van der Waals surface area contributed by atoms with E-state index >= 15 is 0 Å². The van der Waals surface area contributed by atoms with Gasteiger partial charge in [0.2, 0.25) is 5.91 Å². The maximum Gasteiger partial charge on any atom is 0.241 e. The molecule has 1 aromatic heterocycles. The van der Waals surface area contributed by atoms with Crippen molar-refractivity contribution in [3.63, 3.8) is 0 Å². The van der Waals surface area contributed by atoms with E-state index in [9.17, 15) is 4.79 Å². The molecule has 0 aromatic carbocycles. The number of aryl methyl sites for hydroxylation is 1. The van der Waals surface area contributed by atoms with Gasteiger partial charge in [0.15, 0.2) is 0 Å². The smallest absolute Gasteiger partial charge is 0.241 e. The number of carbonyl (C=O) groups is 1.